The second kappa shape index (κ2) is 9.40. The molecule has 0 aliphatic carbocycles. The number of hydrogen-bond donors (Lipinski definition) is 2. The normalized spacial score (nSPS) is 14.6. The van der Waals surface area contributed by atoms with Gasteiger partial charge in [-0.25, -0.2) is 4.79 Å². The van der Waals surface area contributed by atoms with Crippen molar-refractivity contribution in [2.45, 2.75) is 13.8 Å². The number of nitrogens with one attached hydrogen (secondary N) is 1. The van der Waals surface area contributed by atoms with E-state index in [0.29, 0.717) is 22.8 Å². The van der Waals surface area contributed by atoms with Gasteiger partial charge in [0.1, 0.15) is 18.1 Å². The maximum atomic E-state index is 12.7. The van der Waals surface area contributed by atoms with Gasteiger partial charge in [-0.3, -0.25) is 19.3 Å². The summed E-state index contributed by atoms with van der Waals surface area (Å²) in [6.45, 7) is 3.27. The number of carboxylic acid groups (broad SMARTS) is 1. The highest BCUT2D eigenvalue weighted by atomic mass is 32.2. The number of rotatable bonds is 6. The zero-order chi connectivity index (χ0) is 24.4. The van der Waals surface area contributed by atoms with Crippen LogP contribution < -0.4 is 5.32 Å². The molecule has 1 aliphatic heterocycles. The summed E-state index contributed by atoms with van der Waals surface area (Å²) < 4.78 is 5.80. The summed E-state index contributed by atoms with van der Waals surface area (Å²) in [5.41, 5.74) is 3.17. The number of amides is 3. The van der Waals surface area contributed by atoms with E-state index in [1.165, 1.54) is 12.1 Å². The maximum absolute atomic E-state index is 12.7. The van der Waals surface area contributed by atoms with Gasteiger partial charge in [0.25, 0.3) is 11.1 Å². The molecular formula is C25H20N2O6S. The fraction of sp³-hybridized carbons (Fsp3) is 0.120. The van der Waals surface area contributed by atoms with Crippen LogP contribution in [-0.2, 0) is 9.59 Å². The fourth-order valence-electron chi connectivity index (χ4n) is 3.48. The van der Waals surface area contributed by atoms with Crippen LogP contribution in [0.2, 0.25) is 0 Å². The van der Waals surface area contributed by atoms with Crippen molar-refractivity contribution in [2.75, 3.05) is 11.9 Å². The standard InChI is InChI=1S/C25H20N2O6S/c1-14-4-3-5-17(10-14)26-22(28)13-27-23(29)21(34-25(27)32)12-18-7-9-20(33-18)19-8-6-16(24(30)31)11-15(19)2/h3-12H,13H2,1-2H3,(H,26,28)(H,30,31)/b21-12-. The second-order valence-corrected chi connectivity index (χ2v) is 8.72. The number of nitrogens with zero attached hydrogens (tertiary/aromatic N) is 1. The lowest BCUT2D eigenvalue weighted by Crippen LogP contribution is -2.36. The molecule has 0 radical (unpaired) electrons. The summed E-state index contributed by atoms with van der Waals surface area (Å²) in [5.74, 6) is -1.22. The number of aryl methyl sites for hydroxylation is 2. The summed E-state index contributed by atoms with van der Waals surface area (Å²) in [6.07, 6.45) is 1.45. The van der Waals surface area contributed by atoms with Crippen LogP contribution in [0.25, 0.3) is 17.4 Å². The van der Waals surface area contributed by atoms with Gasteiger partial charge in [0.05, 0.1) is 10.5 Å². The number of furan rings is 1. The minimum absolute atomic E-state index is 0.146. The van der Waals surface area contributed by atoms with E-state index in [1.807, 2.05) is 13.0 Å². The Morgan fingerprint density at radius 1 is 1.09 bits per heavy atom. The smallest absolute Gasteiger partial charge is 0.335 e. The molecule has 1 aromatic heterocycles. The largest absolute Gasteiger partial charge is 0.478 e. The third kappa shape index (κ3) is 4.94. The van der Waals surface area contributed by atoms with Crippen molar-refractivity contribution >= 4 is 46.5 Å². The lowest BCUT2D eigenvalue weighted by atomic mass is 10.0. The van der Waals surface area contributed by atoms with E-state index in [9.17, 15) is 19.2 Å². The van der Waals surface area contributed by atoms with E-state index in [-0.39, 0.29) is 10.5 Å². The van der Waals surface area contributed by atoms with Crippen LogP contribution in [0.5, 0.6) is 0 Å². The molecule has 0 saturated carbocycles. The number of carbonyl (C=O) groups is 4. The highest BCUT2D eigenvalue weighted by molar-refractivity contribution is 8.18. The first-order valence-corrected chi connectivity index (χ1v) is 11.1. The number of carboxylic acids is 1. The molecule has 2 N–H and O–H groups in total. The van der Waals surface area contributed by atoms with E-state index < -0.39 is 29.6 Å². The Kier molecular flexibility index (Phi) is 6.38. The molecule has 2 aromatic carbocycles. The first kappa shape index (κ1) is 23.1. The van der Waals surface area contributed by atoms with Crippen molar-refractivity contribution in [2.24, 2.45) is 0 Å². The van der Waals surface area contributed by atoms with E-state index in [1.54, 1.807) is 49.4 Å². The average molecular weight is 477 g/mol. The molecule has 1 aliphatic rings. The Hall–Kier alpha value is -4.11. The molecule has 1 saturated heterocycles. The summed E-state index contributed by atoms with van der Waals surface area (Å²) >= 11 is 0.734. The Labute approximate surface area is 199 Å². The van der Waals surface area contributed by atoms with Gasteiger partial charge in [-0.2, -0.15) is 0 Å². The molecule has 34 heavy (non-hydrogen) atoms. The molecule has 3 amide bonds. The third-order valence-electron chi connectivity index (χ3n) is 5.12. The van der Waals surface area contributed by atoms with Gasteiger partial charge < -0.3 is 14.8 Å². The van der Waals surface area contributed by atoms with Gasteiger partial charge in [0, 0.05) is 17.3 Å². The summed E-state index contributed by atoms with van der Waals surface area (Å²) in [6, 6.07) is 15.2. The van der Waals surface area contributed by atoms with Crippen LogP contribution in [0.3, 0.4) is 0 Å². The highest BCUT2D eigenvalue weighted by Gasteiger charge is 2.36. The number of aromatic carboxylic acids is 1. The van der Waals surface area contributed by atoms with Crippen molar-refractivity contribution in [1.29, 1.82) is 0 Å². The van der Waals surface area contributed by atoms with E-state index >= 15 is 0 Å². The number of carbonyl (C=O) groups excluding carboxylic acids is 3. The SMILES string of the molecule is Cc1cccc(NC(=O)CN2C(=O)S/C(=C\c3ccc(-c4ccc(C(=O)O)cc4C)o3)C2=O)c1. The molecule has 9 heteroatoms. The molecule has 0 atom stereocenters. The predicted molar refractivity (Wildman–Crippen MR) is 128 cm³/mol. The molecule has 4 rings (SSSR count). The van der Waals surface area contributed by atoms with Gasteiger partial charge in [-0.05, 0) is 73.1 Å². The predicted octanol–water partition coefficient (Wildman–Crippen LogP) is 4.94. The molecule has 0 bridgehead atoms. The van der Waals surface area contributed by atoms with Crippen molar-refractivity contribution in [3.8, 4) is 11.3 Å². The summed E-state index contributed by atoms with van der Waals surface area (Å²) in [7, 11) is 0. The second-order valence-electron chi connectivity index (χ2n) is 7.72. The van der Waals surface area contributed by atoms with Crippen LogP contribution in [-0.4, -0.2) is 39.6 Å². The monoisotopic (exact) mass is 476 g/mol. The third-order valence-corrected chi connectivity index (χ3v) is 6.02. The van der Waals surface area contributed by atoms with Crippen LogP contribution >= 0.6 is 11.8 Å². The number of thioether (sulfide) groups is 1. The highest BCUT2D eigenvalue weighted by Crippen LogP contribution is 2.34. The molecular weight excluding hydrogens is 456 g/mol. The number of anilines is 1. The Morgan fingerprint density at radius 3 is 2.59 bits per heavy atom. The summed E-state index contributed by atoms with van der Waals surface area (Å²) in [4.78, 5) is 49.6. The van der Waals surface area contributed by atoms with Crippen LogP contribution in [0.15, 0.2) is 63.9 Å². The van der Waals surface area contributed by atoms with Gasteiger partial charge >= 0.3 is 5.97 Å². The first-order valence-electron chi connectivity index (χ1n) is 10.3. The lowest BCUT2D eigenvalue weighted by molar-refractivity contribution is -0.127. The van der Waals surface area contributed by atoms with Crippen molar-refractivity contribution in [3.05, 3.63) is 82.0 Å². The minimum Gasteiger partial charge on any atom is -0.478 e. The van der Waals surface area contributed by atoms with E-state index in [2.05, 4.69) is 5.32 Å². The van der Waals surface area contributed by atoms with Crippen LogP contribution in [0, 0.1) is 13.8 Å². The fourth-order valence-corrected chi connectivity index (χ4v) is 4.30. The maximum Gasteiger partial charge on any atom is 0.335 e. The number of imide groups is 1. The van der Waals surface area contributed by atoms with Crippen LogP contribution in [0.4, 0.5) is 10.5 Å². The van der Waals surface area contributed by atoms with Crippen LogP contribution in [0.1, 0.15) is 27.2 Å². The van der Waals surface area contributed by atoms with Crippen molar-refractivity contribution in [1.82, 2.24) is 4.90 Å². The Morgan fingerprint density at radius 2 is 1.88 bits per heavy atom. The first-order chi connectivity index (χ1) is 16.2. The zero-order valence-corrected chi connectivity index (χ0v) is 19.1. The lowest BCUT2D eigenvalue weighted by Gasteiger charge is -2.12. The zero-order valence-electron chi connectivity index (χ0n) is 18.3. The van der Waals surface area contributed by atoms with Crippen molar-refractivity contribution in [3.63, 3.8) is 0 Å². The van der Waals surface area contributed by atoms with Gasteiger partial charge in [-0.15, -0.1) is 0 Å². The Balaban J connectivity index is 1.47. The minimum atomic E-state index is -1.02. The average Bonchev–Trinajstić information content (AvgIpc) is 3.34. The van der Waals surface area contributed by atoms with E-state index in [4.69, 9.17) is 9.52 Å². The molecule has 2 heterocycles. The molecule has 0 spiro atoms. The van der Waals surface area contributed by atoms with Gasteiger partial charge in [0.15, 0.2) is 0 Å². The van der Waals surface area contributed by atoms with Gasteiger partial charge in [0.2, 0.25) is 5.91 Å². The molecule has 3 aromatic rings. The molecule has 1 fully saturated rings. The summed E-state index contributed by atoms with van der Waals surface area (Å²) in [5, 5.41) is 11.3. The molecule has 0 unspecified atom stereocenters. The Bertz CT molecular complexity index is 1360. The quantitative estimate of drug-likeness (QED) is 0.484. The molecule has 8 nitrogen and oxygen atoms in total. The molecule has 172 valence electrons. The van der Waals surface area contributed by atoms with Gasteiger partial charge in [-0.1, -0.05) is 18.2 Å². The van der Waals surface area contributed by atoms with E-state index in [0.717, 1.165) is 27.8 Å². The number of hydrogen-bond acceptors (Lipinski definition) is 6. The topological polar surface area (TPSA) is 117 Å². The number of benzene rings is 2. The van der Waals surface area contributed by atoms with Crippen molar-refractivity contribution < 1.29 is 28.7 Å².